The molecule has 0 spiro atoms. The lowest BCUT2D eigenvalue weighted by atomic mass is 10.0. The van der Waals surface area contributed by atoms with Gasteiger partial charge < -0.3 is 20.5 Å². The van der Waals surface area contributed by atoms with Crippen LogP contribution >= 0.6 is 23.2 Å². The fraction of sp³-hybridized carbons (Fsp3) is 0.385. The highest BCUT2D eigenvalue weighted by Crippen LogP contribution is 2.28. The SMILES string of the molecule is Cc1cc(Cl)c(NC(=O)NC2COCC2C(=O)O)cc1Cl. The number of rotatable bonds is 3. The van der Waals surface area contributed by atoms with Crippen LogP contribution in [0.2, 0.25) is 10.0 Å². The van der Waals surface area contributed by atoms with Crippen molar-refractivity contribution in [1.29, 1.82) is 0 Å². The van der Waals surface area contributed by atoms with Crippen LogP contribution in [0, 0.1) is 12.8 Å². The molecule has 8 heteroatoms. The smallest absolute Gasteiger partial charge is 0.319 e. The van der Waals surface area contributed by atoms with Gasteiger partial charge in [-0.25, -0.2) is 4.79 Å². The lowest BCUT2D eigenvalue weighted by molar-refractivity contribution is -0.142. The minimum atomic E-state index is -1.01. The topological polar surface area (TPSA) is 87.7 Å². The number of nitrogens with one attached hydrogen (secondary N) is 2. The van der Waals surface area contributed by atoms with Crippen molar-refractivity contribution in [3.63, 3.8) is 0 Å². The summed E-state index contributed by atoms with van der Waals surface area (Å²) in [5.41, 5.74) is 1.15. The maximum atomic E-state index is 11.9. The monoisotopic (exact) mass is 332 g/mol. The Morgan fingerprint density at radius 3 is 2.67 bits per heavy atom. The Morgan fingerprint density at radius 1 is 1.29 bits per heavy atom. The lowest BCUT2D eigenvalue weighted by Crippen LogP contribution is -2.44. The summed E-state index contributed by atoms with van der Waals surface area (Å²) < 4.78 is 5.07. The number of aliphatic carboxylic acids is 1. The van der Waals surface area contributed by atoms with E-state index in [1.165, 1.54) is 0 Å². The molecule has 1 saturated heterocycles. The second kappa shape index (κ2) is 6.51. The van der Waals surface area contributed by atoms with E-state index in [-0.39, 0.29) is 13.2 Å². The van der Waals surface area contributed by atoms with Crippen LogP contribution in [0.4, 0.5) is 10.5 Å². The molecule has 2 amide bonds. The van der Waals surface area contributed by atoms with Gasteiger partial charge in [0.25, 0.3) is 0 Å². The summed E-state index contributed by atoms with van der Waals surface area (Å²) in [6.45, 7) is 2.04. The number of aryl methyl sites for hydroxylation is 1. The molecule has 0 aliphatic carbocycles. The number of urea groups is 1. The number of halogens is 2. The number of carbonyl (C=O) groups is 2. The molecule has 0 aromatic heterocycles. The van der Waals surface area contributed by atoms with Gasteiger partial charge in [0.05, 0.1) is 30.0 Å². The van der Waals surface area contributed by atoms with Crippen molar-refractivity contribution in [2.75, 3.05) is 18.5 Å². The van der Waals surface area contributed by atoms with E-state index in [0.717, 1.165) is 5.56 Å². The predicted molar refractivity (Wildman–Crippen MR) is 79.1 cm³/mol. The fourth-order valence-corrected chi connectivity index (χ4v) is 2.44. The second-order valence-electron chi connectivity index (χ2n) is 4.77. The molecule has 1 aliphatic heterocycles. The molecule has 1 aliphatic rings. The number of carboxylic acids is 1. The Morgan fingerprint density at radius 2 is 2.00 bits per heavy atom. The highest BCUT2D eigenvalue weighted by molar-refractivity contribution is 6.36. The molecule has 2 rings (SSSR count). The van der Waals surface area contributed by atoms with Gasteiger partial charge in [0.2, 0.25) is 0 Å². The molecule has 0 saturated carbocycles. The molecule has 1 aromatic carbocycles. The van der Waals surface area contributed by atoms with E-state index in [9.17, 15) is 9.59 Å². The summed E-state index contributed by atoms with van der Waals surface area (Å²) in [5.74, 6) is -1.76. The number of hydrogen-bond donors (Lipinski definition) is 3. The lowest BCUT2D eigenvalue weighted by Gasteiger charge is -2.17. The first kappa shape index (κ1) is 15.9. The highest BCUT2D eigenvalue weighted by atomic mass is 35.5. The molecule has 114 valence electrons. The molecule has 2 unspecified atom stereocenters. The van der Waals surface area contributed by atoms with Gasteiger partial charge in [0, 0.05) is 5.02 Å². The van der Waals surface area contributed by atoms with Gasteiger partial charge in [-0.1, -0.05) is 23.2 Å². The highest BCUT2D eigenvalue weighted by Gasteiger charge is 2.35. The number of benzene rings is 1. The van der Waals surface area contributed by atoms with Gasteiger partial charge >= 0.3 is 12.0 Å². The van der Waals surface area contributed by atoms with Gasteiger partial charge in [0.1, 0.15) is 5.92 Å². The van der Waals surface area contributed by atoms with E-state index in [2.05, 4.69) is 10.6 Å². The summed E-state index contributed by atoms with van der Waals surface area (Å²) in [6, 6.07) is 2.04. The van der Waals surface area contributed by atoms with Crippen LogP contribution < -0.4 is 10.6 Å². The van der Waals surface area contributed by atoms with Crippen LogP contribution in [0.15, 0.2) is 12.1 Å². The largest absolute Gasteiger partial charge is 0.481 e. The third kappa shape index (κ3) is 3.78. The second-order valence-corrected chi connectivity index (χ2v) is 5.58. The zero-order valence-corrected chi connectivity index (χ0v) is 12.7. The normalized spacial score (nSPS) is 21.1. The molecule has 1 heterocycles. The number of hydrogen-bond acceptors (Lipinski definition) is 3. The van der Waals surface area contributed by atoms with Crippen LogP contribution in [0.1, 0.15) is 5.56 Å². The Labute approximate surface area is 131 Å². The molecule has 0 radical (unpaired) electrons. The molecular weight excluding hydrogens is 319 g/mol. The Hall–Kier alpha value is -1.50. The van der Waals surface area contributed by atoms with E-state index in [0.29, 0.717) is 15.7 Å². The number of carbonyl (C=O) groups excluding carboxylic acids is 1. The summed E-state index contributed by atoms with van der Waals surface area (Å²) in [4.78, 5) is 22.9. The van der Waals surface area contributed by atoms with Gasteiger partial charge in [0.15, 0.2) is 0 Å². The van der Waals surface area contributed by atoms with Crippen molar-refractivity contribution >= 4 is 40.9 Å². The average molecular weight is 333 g/mol. The third-order valence-electron chi connectivity index (χ3n) is 3.21. The first-order valence-corrected chi connectivity index (χ1v) is 6.97. The maximum absolute atomic E-state index is 11.9. The van der Waals surface area contributed by atoms with Gasteiger partial charge in [-0.3, -0.25) is 4.79 Å². The van der Waals surface area contributed by atoms with Crippen LogP contribution in [0.25, 0.3) is 0 Å². The van der Waals surface area contributed by atoms with Crippen molar-refractivity contribution in [2.24, 2.45) is 5.92 Å². The summed E-state index contributed by atoms with van der Waals surface area (Å²) in [6.07, 6.45) is 0. The molecule has 2 atom stereocenters. The van der Waals surface area contributed by atoms with E-state index < -0.39 is 24.0 Å². The number of amides is 2. The third-order valence-corrected chi connectivity index (χ3v) is 3.93. The Bertz CT molecular complexity index is 580. The number of carboxylic acid groups (broad SMARTS) is 1. The zero-order chi connectivity index (χ0) is 15.6. The van der Waals surface area contributed by atoms with Crippen molar-refractivity contribution in [2.45, 2.75) is 13.0 Å². The Balaban J connectivity index is 2.02. The summed E-state index contributed by atoms with van der Waals surface area (Å²) in [5, 5.41) is 14.9. The van der Waals surface area contributed by atoms with Crippen molar-refractivity contribution < 1.29 is 19.4 Å². The maximum Gasteiger partial charge on any atom is 0.319 e. The molecule has 3 N–H and O–H groups in total. The van der Waals surface area contributed by atoms with Crippen molar-refractivity contribution in [3.8, 4) is 0 Å². The van der Waals surface area contributed by atoms with E-state index in [4.69, 9.17) is 33.0 Å². The molecule has 0 bridgehead atoms. The van der Waals surface area contributed by atoms with Gasteiger partial charge in [-0.05, 0) is 24.6 Å². The standard InChI is InChI=1S/C13H14Cl2N2O4/c1-6-2-9(15)10(3-8(6)14)16-13(20)17-11-5-21-4-7(11)12(18)19/h2-3,7,11H,4-5H2,1H3,(H,18,19)(H2,16,17,20). The molecule has 21 heavy (non-hydrogen) atoms. The van der Waals surface area contributed by atoms with Crippen LogP contribution in [-0.2, 0) is 9.53 Å². The predicted octanol–water partition coefficient (Wildman–Crippen LogP) is 2.52. The van der Waals surface area contributed by atoms with Crippen LogP contribution in [-0.4, -0.2) is 36.4 Å². The minimum absolute atomic E-state index is 0.0808. The molecule has 1 fully saturated rings. The van der Waals surface area contributed by atoms with E-state index in [1.54, 1.807) is 19.1 Å². The number of anilines is 1. The number of ether oxygens (including phenoxy) is 1. The van der Waals surface area contributed by atoms with Gasteiger partial charge in [-0.2, -0.15) is 0 Å². The first-order chi connectivity index (χ1) is 9.88. The van der Waals surface area contributed by atoms with Crippen molar-refractivity contribution in [1.82, 2.24) is 5.32 Å². The van der Waals surface area contributed by atoms with Crippen molar-refractivity contribution in [3.05, 3.63) is 27.7 Å². The quantitative estimate of drug-likeness (QED) is 0.793. The molecule has 6 nitrogen and oxygen atoms in total. The van der Waals surface area contributed by atoms with E-state index >= 15 is 0 Å². The Kier molecular flexibility index (Phi) is 4.92. The summed E-state index contributed by atoms with van der Waals surface area (Å²) >= 11 is 12.0. The minimum Gasteiger partial charge on any atom is -0.481 e. The average Bonchev–Trinajstić information content (AvgIpc) is 2.84. The summed E-state index contributed by atoms with van der Waals surface area (Å²) in [7, 11) is 0. The van der Waals surface area contributed by atoms with Crippen LogP contribution in [0.5, 0.6) is 0 Å². The fourth-order valence-electron chi connectivity index (χ4n) is 2.01. The molecule has 1 aromatic rings. The molecular formula is C13H14Cl2N2O4. The van der Waals surface area contributed by atoms with Crippen LogP contribution in [0.3, 0.4) is 0 Å². The van der Waals surface area contributed by atoms with Gasteiger partial charge in [-0.15, -0.1) is 0 Å². The van der Waals surface area contributed by atoms with E-state index in [1.807, 2.05) is 0 Å². The zero-order valence-electron chi connectivity index (χ0n) is 11.2. The first-order valence-electron chi connectivity index (χ1n) is 6.22.